The van der Waals surface area contributed by atoms with E-state index in [1.807, 2.05) is 0 Å². The lowest BCUT2D eigenvalue weighted by atomic mass is 9.97. The zero-order chi connectivity index (χ0) is 17.1. The molecule has 2 aliphatic rings. The minimum atomic E-state index is -1.52. The van der Waals surface area contributed by atoms with Crippen LogP contribution in [0, 0.1) is 0 Å². The Labute approximate surface area is 132 Å². The molecule has 6 N–H and O–H groups in total. The van der Waals surface area contributed by atoms with Crippen molar-refractivity contribution >= 4 is 0 Å². The van der Waals surface area contributed by atoms with Crippen LogP contribution in [0.5, 0.6) is 0 Å². The van der Waals surface area contributed by atoms with Crippen LogP contribution in [0.3, 0.4) is 0 Å². The van der Waals surface area contributed by atoms with Crippen molar-refractivity contribution in [2.24, 2.45) is 0 Å². The highest BCUT2D eigenvalue weighted by molar-refractivity contribution is 4.93. The summed E-state index contributed by atoms with van der Waals surface area (Å²) in [5.74, 6) is 0. The van der Waals surface area contributed by atoms with Crippen LogP contribution in [0.4, 0.5) is 0 Å². The monoisotopic (exact) mass is 340 g/mol. The molecule has 0 aliphatic carbocycles. The van der Waals surface area contributed by atoms with Crippen LogP contribution < -0.4 is 0 Å². The van der Waals surface area contributed by atoms with Gasteiger partial charge in [-0.1, -0.05) is 0 Å². The Morgan fingerprint density at radius 3 is 2.13 bits per heavy atom. The standard InChI is InChI=1S/C13H24O10/c1-20-11-7(3-15)22-13(10(19)9(11)18)23-12-6(2-14)21-4-5(16)8(12)17/h5-19H,2-4H2,1H3/t5?,6-,7?,8?,9?,10?,11?,12?,13?/m0/s1. The maximum atomic E-state index is 10.1. The number of hydrogen-bond donors (Lipinski definition) is 6. The van der Waals surface area contributed by atoms with Gasteiger partial charge in [-0.3, -0.25) is 0 Å². The molecule has 9 atom stereocenters. The van der Waals surface area contributed by atoms with Gasteiger partial charge in [-0.25, -0.2) is 0 Å². The van der Waals surface area contributed by atoms with E-state index in [0.29, 0.717) is 0 Å². The molecule has 2 fully saturated rings. The van der Waals surface area contributed by atoms with Gasteiger partial charge in [0.25, 0.3) is 0 Å². The molecular formula is C13H24O10. The van der Waals surface area contributed by atoms with Gasteiger partial charge in [0.1, 0.15) is 48.8 Å². The van der Waals surface area contributed by atoms with Gasteiger partial charge in [0, 0.05) is 7.11 Å². The minimum Gasteiger partial charge on any atom is -0.394 e. The van der Waals surface area contributed by atoms with Crippen molar-refractivity contribution in [3.05, 3.63) is 0 Å². The van der Waals surface area contributed by atoms with E-state index in [0.717, 1.165) is 0 Å². The Hall–Kier alpha value is -0.400. The van der Waals surface area contributed by atoms with E-state index in [4.69, 9.17) is 18.9 Å². The van der Waals surface area contributed by atoms with Crippen molar-refractivity contribution in [2.75, 3.05) is 26.9 Å². The summed E-state index contributed by atoms with van der Waals surface area (Å²) in [6.45, 7) is -1.14. The van der Waals surface area contributed by atoms with Gasteiger partial charge in [-0.05, 0) is 0 Å². The van der Waals surface area contributed by atoms with Crippen LogP contribution in [0.15, 0.2) is 0 Å². The lowest BCUT2D eigenvalue weighted by Crippen LogP contribution is -2.63. The third-order valence-electron chi connectivity index (χ3n) is 4.14. The highest BCUT2D eigenvalue weighted by Crippen LogP contribution is 2.28. The molecule has 0 aromatic heterocycles. The summed E-state index contributed by atoms with van der Waals surface area (Å²) in [5.41, 5.74) is 0. The van der Waals surface area contributed by atoms with Gasteiger partial charge in [-0.15, -0.1) is 0 Å². The predicted octanol–water partition coefficient (Wildman–Crippen LogP) is -4.06. The maximum Gasteiger partial charge on any atom is 0.187 e. The van der Waals surface area contributed by atoms with Crippen LogP contribution in [-0.4, -0.2) is 113 Å². The Morgan fingerprint density at radius 1 is 0.913 bits per heavy atom. The molecule has 0 aromatic carbocycles. The second-order valence-electron chi connectivity index (χ2n) is 5.62. The number of methoxy groups -OCH3 is 1. The van der Waals surface area contributed by atoms with Crippen LogP contribution in [-0.2, 0) is 18.9 Å². The molecule has 0 amide bonds. The molecule has 2 saturated heterocycles. The van der Waals surface area contributed by atoms with Gasteiger partial charge in [0.05, 0.1) is 19.8 Å². The molecule has 8 unspecified atom stereocenters. The molecule has 136 valence electrons. The molecule has 2 heterocycles. The van der Waals surface area contributed by atoms with Gasteiger partial charge >= 0.3 is 0 Å². The molecule has 10 nitrogen and oxygen atoms in total. The Bertz CT molecular complexity index is 365. The molecule has 0 spiro atoms. The predicted molar refractivity (Wildman–Crippen MR) is 72.3 cm³/mol. The number of rotatable bonds is 5. The number of aliphatic hydroxyl groups excluding tert-OH is 6. The van der Waals surface area contributed by atoms with E-state index in [-0.39, 0.29) is 6.61 Å². The SMILES string of the molecule is COC1C(CO)OC(OC2C(O)C(O)CO[C@H]2CO)C(O)C1O. The third kappa shape index (κ3) is 3.82. The van der Waals surface area contributed by atoms with E-state index in [1.54, 1.807) is 0 Å². The normalized spacial score (nSPS) is 48.4. The van der Waals surface area contributed by atoms with Crippen molar-refractivity contribution < 1.29 is 49.6 Å². The third-order valence-corrected chi connectivity index (χ3v) is 4.14. The molecule has 2 aliphatic heterocycles. The average Bonchev–Trinajstić information content (AvgIpc) is 2.55. The molecule has 2 rings (SSSR count). The second kappa shape index (κ2) is 8.12. The molecule has 0 saturated carbocycles. The number of aliphatic hydroxyl groups is 6. The fourth-order valence-corrected chi connectivity index (χ4v) is 2.79. The first-order chi connectivity index (χ1) is 10.9. The van der Waals surface area contributed by atoms with E-state index in [2.05, 4.69) is 0 Å². The molecule has 23 heavy (non-hydrogen) atoms. The Kier molecular flexibility index (Phi) is 6.68. The highest BCUT2D eigenvalue weighted by atomic mass is 16.7. The summed E-state index contributed by atoms with van der Waals surface area (Å²) in [7, 11) is 1.30. The lowest BCUT2D eigenvalue weighted by Gasteiger charge is -2.45. The van der Waals surface area contributed by atoms with E-state index in [9.17, 15) is 30.6 Å². The zero-order valence-electron chi connectivity index (χ0n) is 12.6. The second-order valence-corrected chi connectivity index (χ2v) is 5.62. The topological polar surface area (TPSA) is 158 Å². The minimum absolute atomic E-state index is 0.173. The number of ether oxygens (including phenoxy) is 4. The summed E-state index contributed by atoms with van der Waals surface area (Å²) in [6, 6.07) is 0. The Balaban J connectivity index is 2.10. The Morgan fingerprint density at radius 2 is 1.57 bits per heavy atom. The van der Waals surface area contributed by atoms with Gasteiger partial charge in [0.15, 0.2) is 6.29 Å². The van der Waals surface area contributed by atoms with Crippen LogP contribution in [0.2, 0.25) is 0 Å². The lowest BCUT2D eigenvalue weighted by molar-refractivity contribution is -0.338. The van der Waals surface area contributed by atoms with Crippen LogP contribution >= 0.6 is 0 Å². The summed E-state index contributed by atoms with van der Waals surface area (Å²) in [5, 5.41) is 58.4. The molecule has 0 aromatic rings. The summed E-state index contributed by atoms with van der Waals surface area (Å²) < 4.78 is 21.0. The zero-order valence-corrected chi connectivity index (χ0v) is 12.6. The van der Waals surface area contributed by atoms with Crippen LogP contribution in [0.25, 0.3) is 0 Å². The summed E-state index contributed by atoms with van der Waals surface area (Å²) in [4.78, 5) is 0. The number of hydrogen-bond acceptors (Lipinski definition) is 10. The van der Waals surface area contributed by atoms with E-state index < -0.39 is 68.3 Å². The largest absolute Gasteiger partial charge is 0.394 e. The maximum absolute atomic E-state index is 10.1. The van der Waals surface area contributed by atoms with Crippen LogP contribution in [0.1, 0.15) is 0 Å². The first kappa shape index (κ1) is 18.9. The highest BCUT2D eigenvalue weighted by Gasteiger charge is 2.48. The molecular weight excluding hydrogens is 316 g/mol. The van der Waals surface area contributed by atoms with Gasteiger partial charge < -0.3 is 49.6 Å². The fraction of sp³-hybridized carbons (Fsp3) is 1.00. The molecule has 0 radical (unpaired) electrons. The smallest absolute Gasteiger partial charge is 0.187 e. The van der Waals surface area contributed by atoms with Gasteiger partial charge in [-0.2, -0.15) is 0 Å². The van der Waals surface area contributed by atoms with Crippen molar-refractivity contribution in [2.45, 2.75) is 55.1 Å². The summed E-state index contributed by atoms with van der Waals surface area (Å²) >= 11 is 0. The van der Waals surface area contributed by atoms with Gasteiger partial charge in [0.2, 0.25) is 0 Å². The van der Waals surface area contributed by atoms with E-state index >= 15 is 0 Å². The first-order valence-corrected chi connectivity index (χ1v) is 7.33. The average molecular weight is 340 g/mol. The van der Waals surface area contributed by atoms with E-state index in [1.165, 1.54) is 7.11 Å². The van der Waals surface area contributed by atoms with Crippen molar-refractivity contribution in [1.29, 1.82) is 0 Å². The molecule has 10 heteroatoms. The van der Waals surface area contributed by atoms with Crippen molar-refractivity contribution in [3.8, 4) is 0 Å². The van der Waals surface area contributed by atoms with Crippen molar-refractivity contribution in [3.63, 3.8) is 0 Å². The first-order valence-electron chi connectivity index (χ1n) is 7.33. The molecule has 0 bridgehead atoms. The fourth-order valence-electron chi connectivity index (χ4n) is 2.79. The quantitative estimate of drug-likeness (QED) is 0.291. The van der Waals surface area contributed by atoms with Crippen molar-refractivity contribution in [1.82, 2.24) is 0 Å². The summed E-state index contributed by atoms with van der Waals surface area (Å²) in [6.07, 6.45) is -11.0.